The fourth-order valence-electron chi connectivity index (χ4n) is 5.25. The molecule has 3 aliphatic rings. The van der Waals surface area contributed by atoms with Crippen molar-refractivity contribution in [3.8, 4) is 5.75 Å². The summed E-state index contributed by atoms with van der Waals surface area (Å²) in [5, 5.41) is 12.9. The summed E-state index contributed by atoms with van der Waals surface area (Å²) in [6.45, 7) is 6.26. The first kappa shape index (κ1) is 25.0. The van der Waals surface area contributed by atoms with Gasteiger partial charge in [-0.25, -0.2) is 0 Å². The number of likely N-dealkylation sites (N-methyl/N-ethyl adjacent to an activating group) is 1. The summed E-state index contributed by atoms with van der Waals surface area (Å²) in [6.07, 6.45) is 7.77. The van der Waals surface area contributed by atoms with Crippen LogP contribution in [-0.4, -0.2) is 72.2 Å². The van der Waals surface area contributed by atoms with Crippen LogP contribution in [-0.2, 0) is 4.79 Å². The number of hydrogen-bond donors (Lipinski definition) is 2. The van der Waals surface area contributed by atoms with Crippen molar-refractivity contribution in [2.24, 2.45) is 17.8 Å². The number of ether oxygens (including phenoxy) is 1. The van der Waals surface area contributed by atoms with E-state index in [4.69, 9.17) is 4.74 Å². The Labute approximate surface area is 203 Å². The summed E-state index contributed by atoms with van der Waals surface area (Å²) in [5.74, 6) is 1.37. The Morgan fingerprint density at radius 1 is 1.21 bits per heavy atom. The number of benzene rings is 1. The molecule has 3 atom stereocenters. The van der Waals surface area contributed by atoms with E-state index in [-0.39, 0.29) is 42.4 Å². The number of fused-ring (bicyclic) bond motifs is 1. The molecule has 2 aliphatic carbocycles. The van der Waals surface area contributed by atoms with Crippen LogP contribution in [0.1, 0.15) is 69.2 Å². The highest BCUT2D eigenvalue weighted by molar-refractivity contribution is 6.00. The lowest BCUT2D eigenvalue weighted by Gasteiger charge is -2.38. The predicted molar refractivity (Wildman–Crippen MR) is 133 cm³/mol. The minimum atomic E-state index is -0.300. The number of aliphatic hydroxyl groups excluding tert-OH is 1. The molecule has 7 heteroatoms. The zero-order valence-corrected chi connectivity index (χ0v) is 21.0. The third-order valence-electron chi connectivity index (χ3n) is 7.67. The minimum absolute atomic E-state index is 0.0349. The molecule has 7 nitrogen and oxygen atoms in total. The van der Waals surface area contributed by atoms with E-state index < -0.39 is 0 Å². The van der Waals surface area contributed by atoms with Gasteiger partial charge in [0.2, 0.25) is 5.91 Å². The van der Waals surface area contributed by atoms with Crippen molar-refractivity contribution in [3.05, 3.63) is 23.8 Å². The monoisotopic (exact) mass is 471 g/mol. The number of carbonyl (C=O) groups is 2. The molecule has 1 heterocycles. The lowest BCUT2D eigenvalue weighted by molar-refractivity contribution is -0.120. The Bertz CT molecular complexity index is 865. The molecule has 2 fully saturated rings. The molecule has 1 aliphatic heterocycles. The van der Waals surface area contributed by atoms with Crippen molar-refractivity contribution in [1.29, 1.82) is 0 Å². The van der Waals surface area contributed by atoms with Crippen LogP contribution in [0.5, 0.6) is 5.75 Å². The quantitative estimate of drug-likeness (QED) is 0.603. The molecular formula is C27H41N3O4. The normalized spacial score (nSPS) is 24.7. The zero-order chi connectivity index (χ0) is 24.2. The summed E-state index contributed by atoms with van der Waals surface area (Å²) in [4.78, 5) is 30.5. The summed E-state index contributed by atoms with van der Waals surface area (Å²) in [6, 6.07) is 5.10. The molecule has 2 N–H and O–H groups in total. The van der Waals surface area contributed by atoms with Gasteiger partial charge in [-0.1, -0.05) is 26.2 Å². The number of rotatable bonds is 8. The highest BCUT2D eigenvalue weighted by Gasteiger charge is 2.34. The first-order chi connectivity index (χ1) is 16.4. The van der Waals surface area contributed by atoms with Gasteiger partial charge in [-0.05, 0) is 63.8 Å². The molecule has 2 amide bonds. The molecule has 2 saturated carbocycles. The lowest BCUT2D eigenvalue weighted by Crippen LogP contribution is -2.50. The lowest BCUT2D eigenvalue weighted by atomic mass is 9.88. The molecule has 188 valence electrons. The molecular weight excluding hydrogens is 430 g/mol. The molecule has 1 aromatic carbocycles. The van der Waals surface area contributed by atoms with Gasteiger partial charge >= 0.3 is 0 Å². The number of nitrogens with zero attached hydrogens (tertiary/aromatic N) is 2. The maximum absolute atomic E-state index is 13.6. The molecule has 0 unspecified atom stereocenters. The van der Waals surface area contributed by atoms with E-state index in [1.807, 2.05) is 19.1 Å². The van der Waals surface area contributed by atoms with Gasteiger partial charge in [-0.2, -0.15) is 0 Å². The second kappa shape index (κ2) is 11.1. The second-order valence-corrected chi connectivity index (χ2v) is 10.8. The van der Waals surface area contributed by atoms with E-state index in [9.17, 15) is 14.7 Å². The van der Waals surface area contributed by atoms with Gasteiger partial charge in [0.25, 0.3) is 5.91 Å². The van der Waals surface area contributed by atoms with E-state index in [1.54, 1.807) is 11.0 Å². The average Bonchev–Trinajstić information content (AvgIpc) is 3.65. The predicted octanol–water partition coefficient (Wildman–Crippen LogP) is 3.77. The van der Waals surface area contributed by atoms with Crippen LogP contribution < -0.4 is 10.1 Å². The highest BCUT2D eigenvalue weighted by Crippen LogP contribution is 2.33. The topological polar surface area (TPSA) is 82.1 Å². The van der Waals surface area contributed by atoms with Gasteiger partial charge in [0.05, 0.1) is 18.2 Å². The Hall–Kier alpha value is -2.12. The van der Waals surface area contributed by atoms with Crippen LogP contribution in [0.15, 0.2) is 18.2 Å². The fourth-order valence-corrected chi connectivity index (χ4v) is 5.25. The number of amides is 2. The number of anilines is 1. The molecule has 0 aromatic heterocycles. The molecule has 0 saturated heterocycles. The van der Waals surface area contributed by atoms with Crippen LogP contribution in [0.3, 0.4) is 0 Å². The van der Waals surface area contributed by atoms with E-state index in [0.29, 0.717) is 23.5 Å². The van der Waals surface area contributed by atoms with Crippen molar-refractivity contribution >= 4 is 17.5 Å². The Balaban J connectivity index is 1.57. The van der Waals surface area contributed by atoms with Crippen molar-refractivity contribution in [2.45, 2.75) is 70.9 Å². The van der Waals surface area contributed by atoms with E-state index in [1.165, 1.54) is 19.3 Å². The fraction of sp³-hybridized carbons (Fsp3) is 0.704. The SMILES string of the molecule is C[C@H]1CN([C@@H](C)CO)C(=O)c2cc(NC(=O)C3CCCCC3)ccc2O[C@H]1CN(C)CC1CC1. The molecule has 0 radical (unpaired) electrons. The number of hydrogen-bond acceptors (Lipinski definition) is 5. The molecule has 4 rings (SSSR count). The number of nitrogens with one attached hydrogen (secondary N) is 1. The molecule has 1 aromatic rings. The molecule has 0 bridgehead atoms. The second-order valence-electron chi connectivity index (χ2n) is 10.8. The van der Waals surface area contributed by atoms with Crippen LogP contribution in [0.4, 0.5) is 5.69 Å². The highest BCUT2D eigenvalue weighted by atomic mass is 16.5. The molecule has 0 spiro atoms. The zero-order valence-electron chi connectivity index (χ0n) is 21.0. The average molecular weight is 472 g/mol. The van der Waals surface area contributed by atoms with Crippen molar-refractivity contribution in [3.63, 3.8) is 0 Å². The van der Waals surface area contributed by atoms with Crippen LogP contribution in [0, 0.1) is 17.8 Å². The number of carbonyl (C=O) groups excluding carboxylic acids is 2. The van der Waals surface area contributed by atoms with Crippen LogP contribution >= 0.6 is 0 Å². The van der Waals surface area contributed by atoms with E-state index in [2.05, 4.69) is 24.2 Å². The summed E-state index contributed by atoms with van der Waals surface area (Å²) in [7, 11) is 2.14. The Kier molecular flexibility index (Phi) is 8.14. The first-order valence-electron chi connectivity index (χ1n) is 13.1. The third kappa shape index (κ3) is 6.11. The smallest absolute Gasteiger partial charge is 0.258 e. The Morgan fingerprint density at radius 2 is 1.94 bits per heavy atom. The van der Waals surface area contributed by atoms with Crippen LogP contribution in [0.2, 0.25) is 0 Å². The van der Waals surface area contributed by atoms with Gasteiger partial charge in [-0.15, -0.1) is 0 Å². The van der Waals surface area contributed by atoms with Gasteiger partial charge in [0.1, 0.15) is 11.9 Å². The third-order valence-corrected chi connectivity index (χ3v) is 7.67. The van der Waals surface area contributed by atoms with Crippen molar-refractivity contribution in [2.75, 3.05) is 38.6 Å². The summed E-state index contributed by atoms with van der Waals surface area (Å²) in [5.41, 5.74) is 1.07. The summed E-state index contributed by atoms with van der Waals surface area (Å²) < 4.78 is 6.47. The van der Waals surface area contributed by atoms with E-state index >= 15 is 0 Å². The van der Waals surface area contributed by atoms with Crippen molar-refractivity contribution < 1.29 is 19.4 Å². The summed E-state index contributed by atoms with van der Waals surface area (Å²) >= 11 is 0. The Morgan fingerprint density at radius 3 is 2.62 bits per heavy atom. The first-order valence-corrected chi connectivity index (χ1v) is 13.1. The van der Waals surface area contributed by atoms with Crippen LogP contribution in [0.25, 0.3) is 0 Å². The maximum Gasteiger partial charge on any atom is 0.258 e. The molecule has 34 heavy (non-hydrogen) atoms. The van der Waals surface area contributed by atoms with E-state index in [0.717, 1.165) is 44.7 Å². The number of aliphatic hydroxyl groups is 1. The van der Waals surface area contributed by atoms with Gasteiger partial charge < -0.3 is 25.0 Å². The largest absolute Gasteiger partial charge is 0.488 e. The maximum atomic E-state index is 13.6. The van der Waals surface area contributed by atoms with Crippen molar-refractivity contribution in [1.82, 2.24) is 9.80 Å². The van der Waals surface area contributed by atoms with Gasteiger partial charge in [-0.3, -0.25) is 9.59 Å². The standard InChI is InChI=1S/C27H41N3O4/c1-18-14-30(19(2)17-31)27(33)23-13-22(28-26(32)21-7-5-4-6-8-21)11-12-24(23)34-25(18)16-29(3)15-20-9-10-20/h11-13,18-21,25,31H,4-10,14-17H2,1-3H3,(H,28,32)/t18-,19-,25-/m0/s1. The van der Waals surface area contributed by atoms with Gasteiger partial charge in [0.15, 0.2) is 0 Å². The minimum Gasteiger partial charge on any atom is -0.488 e. The van der Waals surface area contributed by atoms with Gasteiger partial charge in [0, 0.05) is 37.2 Å².